The van der Waals surface area contributed by atoms with E-state index in [4.69, 9.17) is 9.47 Å². The number of nitrogens with one attached hydrogen (secondary N) is 1. The molecule has 28 heavy (non-hydrogen) atoms. The predicted molar refractivity (Wildman–Crippen MR) is 107 cm³/mol. The first-order chi connectivity index (χ1) is 13.3. The molecule has 0 saturated carbocycles. The number of carbonyl (C=O) groups excluding carboxylic acids is 3. The van der Waals surface area contributed by atoms with E-state index in [2.05, 4.69) is 5.32 Å². The molecule has 2 heterocycles. The first-order valence-electron chi connectivity index (χ1n) is 8.67. The maximum absolute atomic E-state index is 12.6. The molecule has 1 aromatic carbocycles. The van der Waals surface area contributed by atoms with Crippen LogP contribution in [-0.4, -0.2) is 31.9 Å². The highest BCUT2D eigenvalue weighted by atomic mass is 32.1. The number of hydrogen-bond donors (Lipinski definition) is 1. The number of allylic oxidation sites excluding steroid dienone is 3. The molecular formula is C21H21NO5S. The van der Waals surface area contributed by atoms with Gasteiger partial charge in [-0.25, -0.2) is 9.59 Å². The van der Waals surface area contributed by atoms with Gasteiger partial charge in [-0.05, 0) is 55.3 Å². The van der Waals surface area contributed by atoms with Gasteiger partial charge in [0.2, 0.25) is 0 Å². The highest BCUT2D eigenvalue weighted by Gasteiger charge is 2.37. The lowest BCUT2D eigenvalue weighted by molar-refractivity contribution is -0.136. The average Bonchev–Trinajstić information content (AvgIpc) is 3.08. The number of benzene rings is 1. The van der Waals surface area contributed by atoms with Crippen molar-refractivity contribution in [2.45, 2.75) is 26.7 Å². The number of fused-ring (bicyclic) bond motifs is 1. The fourth-order valence-corrected chi connectivity index (χ4v) is 4.64. The largest absolute Gasteiger partial charge is 0.466 e. The van der Waals surface area contributed by atoms with Crippen LogP contribution in [0.4, 0.5) is 0 Å². The maximum atomic E-state index is 12.6. The highest BCUT2D eigenvalue weighted by molar-refractivity contribution is 7.17. The SMILES string of the molecule is COC(=O)C1=C(C)NC(C)=C(C(C)=O)C1c1csc2ccc(C(=O)OC)cc12. The fraction of sp³-hybridized carbons (Fsp3) is 0.286. The first kappa shape index (κ1) is 19.8. The van der Waals surface area contributed by atoms with E-state index < -0.39 is 17.9 Å². The lowest BCUT2D eigenvalue weighted by Crippen LogP contribution is -2.30. The number of carbonyl (C=O) groups is 3. The number of thiophene rings is 1. The van der Waals surface area contributed by atoms with Gasteiger partial charge in [-0.3, -0.25) is 4.79 Å². The van der Waals surface area contributed by atoms with Crippen LogP contribution in [0.2, 0.25) is 0 Å². The van der Waals surface area contributed by atoms with Crippen LogP contribution in [0.1, 0.15) is 42.6 Å². The van der Waals surface area contributed by atoms with Crippen LogP contribution >= 0.6 is 11.3 Å². The van der Waals surface area contributed by atoms with Crippen LogP contribution in [0.5, 0.6) is 0 Å². The second-order valence-corrected chi connectivity index (χ2v) is 7.49. The zero-order valence-electron chi connectivity index (χ0n) is 16.3. The Morgan fingerprint density at radius 3 is 2.25 bits per heavy atom. The van der Waals surface area contributed by atoms with Crippen LogP contribution in [0.25, 0.3) is 10.1 Å². The van der Waals surface area contributed by atoms with Gasteiger partial charge < -0.3 is 14.8 Å². The summed E-state index contributed by atoms with van der Waals surface area (Å²) >= 11 is 1.49. The summed E-state index contributed by atoms with van der Waals surface area (Å²) in [5, 5.41) is 5.85. The van der Waals surface area contributed by atoms with Gasteiger partial charge in [0.15, 0.2) is 5.78 Å². The molecule has 0 radical (unpaired) electrons. The molecule has 1 atom stereocenters. The average molecular weight is 399 g/mol. The number of Topliss-reactive ketones (excluding diaryl/α,β-unsaturated/α-hetero) is 1. The van der Waals surface area contributed by atoms with E-state index in [1.807, 2.05) is 18.4 Å². The topological polar surface area (TPSA) is 81.7 Å². The van der Waals surface area contributed by atoms with Gasteiger partial charge in [-0.2, -0.15) is 0 Å². The van der Waals surface area contributed by atoms with E-state index >= 15 is 0 Å². The number of rotatable bonds is 4. The van der Waals surface area contributed by atoms with Crippen LogP contribution in [0.3, 0.4) is 0 Å². The van der Waals surface area contributed by atoms with Crippen molar-refractivity contribution in [2.75, 3.05) is 14.2 Å². The molecule has 7 heteroatoms. The zero-order chi connectivity index (χ0) is 20.6. The standard InChI is InChI=1S/C21H21NO5S/c1-10-17(12(3)23)19(18(11(2)22-10)21(25)27-5)15-9-28-16-7-6-13(8-14(15)16)20(24)26-4/h6-9,19,22H,1-5H3. The van der Waals surface area contributed by atoms with Gasteiger partial charge in [0.1, 0.15) is 0 Å². The van der Waals surface area contributed by atoms with Crippen molar-refractivity contribution in [3.8, 4) is 0 Å². The summed E-state index contributed by atoms with van der Waals surface area (Å²) in [6, 6.07) is 5.29. The van der Waals surface area contributed by atoms with Gasteiger partial charge in [-0.15, -0.1) is 11.3 Å². The Morgan fingerprint density at radius 1 is 1.00 bits per heavy atom. The van der Waals surface area contributed by atoms with E-state index in [0.717, 1.165) is 15.6 Å². The molecule has 6 nitrogen and oxygen atoms in total. The van der Waals surface area contributed by atoms with Crippen molar-refractivity contribution < 1.29 is 23.9 Å². The second-order valence-electron chi connectivity index (χ2n) is 6.58. The third-order valence-corrected chi connectivity index (χ3v) is 5.86. The molecule has 3 rings (SSSR count). The van der Waals surface area contributed by atoms with Crippen molar-refractivity contribution in [1.29, 1.82) is 0 Å². The molecule has 0 saturated heterocycles. The molecule has 146 valence electrons. The van der Waals surface area contributed by atoms with Crippen LogP contribution < -0.4 is 5.32 Å². The van der Waals surface area contributed by atoms with Crippen molar-refractivity contribution in [2.24, 2.45) is 0 Å². The molecule has 0 bridgehead atoms. The smallest absolute Gasteiger partial charge is 0.337 e. The second kappa shape index (κ2) is 7.59. The normalized spacial score (nSPS) is 16.8. The summed E-state index contributed by atoms with van der Waals surface area (Å²) < 4.78 is 10.8. The van der Waals surface area contributed by atoms with E-state index in [9.17, 15) is 14.4 Å². The Balaban J connectivity index is 2.30. The molecule has 2 aromatic rings. The number of ether oxygens (including phenoxy) is 2. The molecule has 0 amide bonds. The quantitative estimate of drug-likeness (QED) is 0.790. The maximum Gasteiger partial charge on any atom is 0.337 e. The Labute approximate surface area is 166 Å². The molecule has 1 N–H and O–H groups in total. The minimum atomic E-state index is -0.576. The first-order valence-corrected chi connectivity index (χ1v) is 9.55. The molecule has 1 aliphatic heterocycles. The van der Waals surface area contributed by atoms with E-state index in [-0.39, 0.29) is 5.78 Å². The third kappa shape index (κ3) is 3.22. The van der Waals surface area contributed by atoms with Gasteiger partial charge in [0.05, 0.1) is 25.4 Å². The Bertz CT molecular complexity index is 1060. The molecular weight excluding hydrogens is 378 g/mol. The van der Waals surface area contributed by atoms with Gasteiger partial charge in [0.25, 0.3) is 0 Å². The summed E-state index contributed by atoms with van der Waals surface area (Å²) in [5.41, 5.74) is 3.44. The monoisotopic (exact) mass is 399 g/mol. The molecule has 1 unspecified atom stereocenters. The number of hydrogen-bond acceptors (Lipinski definition) is 7. The number of ketones is 1. The highest BCUT2D eigenvalue weighted by Crippen LogP contribution is 2.43. The van der Waals surface area contributed by atoms with E-state index in [1.165, 1.54) is 32.5 Å². The molecule has 1 aliphatic rings. The Hall–Kier alpha value is -2.93. The molecule has 0 fully saturated rings. The predicted octanol–water partition coefficient (Wildman–Crippen LogP) is 3.68. The number of methoxy groups -OCH3 is 2. The summed E-state index contributed by atoms with van der Waals surface area (Å²) in [7, 11) is 2.65. The minimum Gasteiger partial charge on any atom is -0.466 e. The zero-order valence-corrected chi connectivity index (χ0v) is 17.2. The van der Waals surface area contributed by atoms with Crippen LogP contribution in [0.15, 0.2) is 46.1 Å². The molecule has 0 spiro atoms. The Morgan fingerprint density at radius 2 is 1.64 bits per heavy atom. The lowest BCUT2D eigenvalue weighted by Gasteiger charge is -2.30. The van der Waals surface area contributed by atoms with Crippen LogP contribution in [-0.2, 0) is 19.1 Å². The fourth-order valence-electron chi connectivity index (χ4n) is 3.67. The Kier molecular flexibility index (Phi) is 5.38. The van der Waals surface area contributed by atoms with E-state index in [1.54, 1.807) is 19.1 Å². The summed E-state index contributed by atoms with van der Waals surface area (Å²) in [4.78, 5) is 37.1. The van der Waals surface area contributed by atoms with Crippen molar-refractivity contribution in [1.82, 2.24) is 5.32 Å². The number of esters is 2. The van der Waals surface area contributed by atoms with Gasteiger partial charge in [-0.1, -0.05) is 0 Å². The minimum absolute atomic E-state index is 0.132. The molecule has 0 aliphatic carbocycles. The van der Waals surface area contributed by atoms with E-state index in [0.29, 0.717) is 28.1 Å². The van der Waals surface area contributed by atoms with Crippen molar-refractivity contribution in [3.05, 3.63) is 57.2 Å². The van der Waals surface area contributed by atoms with Crippen LogP contribution in [0, 0.1) is 0 Å². The van der Waals surface area contributed by atoms with Gasteiger partial charge >= 0.3 is 11.9 Å². The third-order valence-electron chi connectivity index (χ3n) is 4.88. The summed E-state index contributed by atoms with van der Waals surface area (Å²) in [6.45, 7) is 5.08. The lowest BCUT2D eigenvalue weighted by atomic mass is 9.79. The van der Waals surface area contributed by atoms with Gasteiger partial charge in [0, 0.05) is 27.6 Å². The summed E-state index contributed by atoms with van der Waals surface area (Å²) in [6.07, 6.45) is 0. The molecule has 1 aromatic heterocycles. The summed E-state index contributed by atoms with van der Waals surface area (Å²) in [5.74, 6) is -1.65. The number of dihydropyridines is 1. The van der Waals surface area contributed by atoms with Crippen molar-refractivity contribution in [3.63, 3.8) is 0 Å². The van der Waals surface area contributed by atoms with Crippen molar-refractivity contribution >= 4 is 39.1 Å².